The molecule has 5 nitrogen and oxygen atoms in total. The van der Waals surface area contributed by atoms with Crippen molar-refractivity contribution in [1.29, 1.82) is 5.26 Å². The summed E-state index contributed by atoms with van der Waals surface area (Å²) in [7, 11) is 0. The number of anilines is 1. The first-order chi connectivity index (χ1) is 18.3. The van der Waals surface area contributed by atoms with Gasteiger partial charge in [-0.2, -0.15) is 5.26 Å². The predicted octanol–water partition coefficient (Wildman–Crippen LogP) is 7.10. The molecule has 192 valence electrons. The van der Waals surface area contributed by atoms with E-state index in [1.54, 1.807) is 0 Å². The molecule has 0 fully saturated rings. The minimum absolute atomic E-state index is 0.0883. The largest absolute Gasteiger partial charge is 0.489 e. The number of carbonyl (C=O) groups is 1. The van der Waals surface area contributed by atoms with E-state index in [4.69, 9.17) is 10.5 Å². The zero-order valence-electron chi connectivity index (χ0n) is 21.8. The molecule has 1 atom stereocenters. The number of carbonyl (C=O) groups excluding carboxylic acids is 1. The van der Waals surface area contributed by atoms with Crippen LogP contribution in [0.25, 0.3) is 0 Å². The van der Waals surface area contributed by atoms with E-state index in [9.17, 15) is 10.1 Å². The van der Waals surface area contributed by atoms with Gasteiger partial charge in [-0.05, 0) is 109 Å². The molecule has 0 spiro atoms. The van der Waals surface area contributed by atoms with E-state index in [-0.39, 0.29) is 5.78 Å². The fourth-order valence-corrected chi connectivity index (χ4v) is 5.85. The number of ether oxygens (including phenoxy) is 1. The second-order valence-electron chi connectivity index (χ2n) is 10.0. The van der Waals surface area contributed by atoms with Crippen LogP contribution < -0.4 is 15.4 Å². The molecule has 1 heterocycles. The summed E-state index contributed by atoms with van der Waals surface area (Å²) in [5.74, 6) is 0.787. The summed E-state index contributed by atoms with van der Waals surface area (Å²) in [6, 6.07) is 22.6. The molecule has 0 saturated heterocycles. The Hall–Kier alpha value is -3.57. The van der Waals surface area contributed by atoms with Crippen molar-refractivity contribution in [3.05, 3.63) is 115 Å². The number of nitrogens with two attached hydrogens (primary N) is 1. The van der Waals surface area contributed by atoms with Crippen molar-refractivity contribution in [3.8, 4) is 11.8 Å². The van der Waals surface area contributed by atoms with Gasteiger partial charge < -0.3 is 10.5 Å². The van der Waals surface area contributed by atoms with Crippen molar-refractivity contribution in [2.45, 2.75) is 52.6 Å². The van der Waals surface area contributed by atoms with Gasteiger partial charge in [-0.25, -0.2) is 0 Å². The van der Waals surface area contributed by atoms with Gasteiger partial charge in [0.25, 0.3) is 0 Å². The molecule has 1 aliphatic carbocycles. The van der Waals surface area contributed by atoms with Crippen molar-refractivity contribution in [3.63, 3.8) is 0 Å². The van der Waals surface area contributed by atoms with Gasteiger partial charge in [0, 0.05) is 26.9 Å². The summed E-state index contributed by atoms with van der Waals surface area (Å²) in [4.78, 5) is 15.5. The first-order valence-electron chi connectivity index (χ1n) is 12.8. The quantitative estimate of drug-likeness (QED) is 0.310. The molecule has 2 aliphatic rings. The molecule has 0 bridgehead atoms. The van der Waals surface area contributed by atoms with Crippen LogP contribution in [-0.2, 0) is 11.4 Å². The first-order valence-corrected chi connectivity index (χ1v) is 13.9. The van der Waals surface area contributed by atoms with E-state index in [0.717, 1.165) is 55.8 Å². The van der Waals surface area contributed by atoms with Crippen LogP contribution in [0.5, 0.6) is 5.75 Å². The third-order valence-electron chi connectivity index (χ3n) is 7.42. The number of nitriles is 1. The molecule has 3 aromatic carbocycles. The standard InChI is InChI=1S/C32H30IN3O2/c1-19-7-13-25(14-8-19)38-18-22-15-20(2)16-26(21(22)3)30-27(17-34)32(35)36(24-11-9-23(33)10-12-24)28-5-4-6-29(37)31(28)30/h7-16,30H,4-6,18,35H2,1-3H3. The van der Waals surface area contributed by atoms with Crippen molar-refractivity contribution >= 4 is 34.1 Å². The van der Waals surface area contributed by atoms with Crippen molar-refractivity contribution in [2.75, 3.05) is 4.90 Å². The number of benzene rings is 3. The van der Waals surface area contributed by atoms with Gasteiger partial charge in [0.15, 0.2) is 5.78 Å². The van der Waals surface area contributed by atoms with Gasteiger partial charge >= 0.3 is 0 Å². The van der Waals surface area contributed by atoms with Gasteiger partial charge in [0.1, 0.15) is 18.2 Å². The van der Waals surface area contributed by atoms with E-state index in [1.165, 1.54) is 5.56 Å². The number of halogens is 1. The smallest absolute Gasteiger partial charge is 0.161 e. The summed E-state index contributed by atoms with van der Waals surface area (Å²) in [6.07, 6.45) is 1.98. The summed E-state index contributed by atoms with van der Waals surface area (Å²) in [5.41, 5.74) is 14.9. The van der Waals surface area contributed by atoms with E-state index >= 15 is 0 Å². The number of hydrogen-bond acceptors (Lipinski definition) is 5. The molecule has 0 amide bonds. The lowest BCUT2D eigenvalue weighted by atomic mass is 9.73. The molecular formula is C32H30IN3O2. The average molecular weight is 616 g/mol. The zero-order chi connectivity index (χ0) is 27.0. The highest BCUT2D eigenvalue weighted by Gasteiger charge is 2.41. The van der Waals surface area contributed by atoms with E-state index in [1.807, 2.05) is 74.2 Å². The fourth-order valence-electron chi connectivity index (χ4n) is 5.49. The Morgan fingerprint density at radius 3 is 2.42 bits per heavy atom. The Bertz CT molecular complexity index is 1510. The highest BCUT2D eigenvalue weighted by Crippen LogP contribution is 2.47. The Labute approximate surface area is 237 Å². The van der Waals surface area contributed by atoms with Crippen LogP contribution in [0.2, 0.25) is 0 Å². The third-order valence-corrected chi connectivity index (χ3v) is 8.14. The molecule has 0 radical (unpaired) electrons. The first kappa shape index (κ1) is 26.1. The number of aryl methyl sites for hydroxylation is 2. The second-order valence-corrected chi connectivity index (χ2v) is 11.3. The van der Waals surface area contributed by atoms with Gasteiger partial charge in [-0.1, -0.05) is 35.4 Å². The summed E-state index contributed by atoms with van der Waals surface area (Å²) in [5, 5.41) is 10.4. The van der Waals surface area contributed by atoms with Crippen molar-refractivity contribution in [2.24, 2.45) is 5.73 Å². The highest BCUT2D eigenvalue weighted by atomic mass is 127. The van der Waals surface area contributed by atoms with Gasteiger partial charge in [0.05, 0.1) is 17.6 Å². The summed E-state index contributed by atoms with van der Waals surface area (Å²) < 4.78 is 7.23. The molecule has 2 N–H and O–H groups in total. The number of ketones is 1. The molecule has 0 saturated carbocycles. The number of allylic oxidation sites excluding steroid dienone is 3. The maximum atomic E-state index is 13.5. The normalized spacial score (nSPS) is 17.4. The zero-order valence-corrected chi connectivity index (χ0v) is 24.0. The lowest BCUT2D eigenvalue weighted by Crippen LogP contribution is -2.39. The molecule has 3 aromatic rings. The molecule has 5 rings (SSSR count). The Morgan fingerprint density at radius 2 is 1.74 bits per heavy atom. The Kier molecular flexibility index (Phi) is 7.31. The van der Waals surface area contributed by atoms with Crippen LogP contribution in [0.4, 0.5) is 5.69 Å². The van der Waals surface area contributed by atoms with Gasteiger partial charge in [-0.15, -0.1) is 0 Å². The van der Waals surface area contributed by atoms with E-state index in [2.05, 4.69) is 40.8 Å². The molecular weight excluding hydrogens is 585 g/mol. The van der Waals surface area contributed by atoms with E-state index in [0.29, 0.717) is 30.0 Å². The molecule has 1 unspecified atom stereocenters. The van der Waals surface area contributed by atoms with Crippen molar-refractivity contribution < 1.29 is 9.53 Å². The van der Waals surface area contributed by atoms with Crippen LogP contribution >= 0.6 is 22.6 Å². The second kappa shape index (κ2) is 10.7. The SMILES string of the molecule is Cc1ccc(OCc2cc(C)cc(C3C(C#N)=C(N)N(c4ccc(I)cc4)C4=C3C(=O)CCC4)c2C)cc1. The number of hydrogen-bond donors (Lipinski definition) is 1. The topological polar surface area (TPSA) is 79.3 Å². The third kappa shape index (κ3) is 4.83. The minimum Gasteiger partial charge on any atom is -0.489 e. The van der Waals surface area contributed by atoms with Gasteiger partial charge in [0.2, 0.25) is 0 Å². The van der Waals surface area contributed by atoms with Gasteiger partial charge in [-0.3, -0.25) is 9.69 Å². The van der Waals surface area contributed by atoms with E-state index < -0.39 is 5.92 Å². The monoisotopic (exact) mass is 615 g/mol. The fraction of sp³-hybridized carbons (Fsp3) is 0.250. The number of rotatable bonds is 5. The summed E-state index contributed by atoms with van der Waals surface area (Å²) in [6.45, 7) is 6.53. The lowest BCUT2D eigenvalue weighted by Gasteiger charge is -2.40. The van der Waals surface area contributed by atoms with Crippen molar-refractivity contribution in [1.82, 2.24) is 0 Å². The molecule has 1 aliphatic heterocycles. The van der Waals surface area contributed by atoms with Crippen LogP contribution in [0.15, 0.2) is 83.3 Å². The van der Waals surface area contributed by atoms with Crippen LogP contribution in [-0.4, -0.2) is 5.78 Å². The summed E-state index contributed by atoms with van der Waals surface area (Å²) >= 11 is 2.27. The molecule has 0 aromatic heterocycles. The maximum Gasteiger partial charge on any atom is 0.161 e. The maximum absolute atomic E-state index is 13.5. The van der Waals surface area contributed by atoms with Crippen LogP contribution in [0.1, 0.15) is 53.0 Å². The highest BCUT2D eigenvalue weighted by molar-refractivity contribution is 14.1. The van der Waals surface area contributed by atoms with Crippen LogP contribution in [0, 0.1) is 35.7 Å². The predicted molar refractivity (Wildman–Crippen MR) is 159 cm³/mol. The molecule has 6 heteroatoms. The molecule has 38 heavy (non-hydrogen) atoms. The number of Topliss-reactive ketones (excluding diaryl/α,β-unsaturated/α-hetero) is 1. The Balaban J connectivity index is 1.62. The Morgan fingerprint density at radius 1 is 1.03 bits per heavy atom. The lowest BCUT2D eigenvalue weighted by molar-refractivity contribution is -0.116. The number of nitrogens with zero attached hydrogens (tertiary/aromatic N) is 2. The average Bonchev–Trinajstić information content (AvgIpc) is 2.90. The van der Waals surface area contributed by atoms with Crippen LogP contribution in [0.3, 0.4) is 0 Å². The minimum atomic E-state index is -0.499.